The molecule has 1 aliphatic rings. The van der Waals surface area contributed by atoms with Gasteiger partial charge in [0.2, 0.25) is 11.8 Å². The van der Waals surface area contributed by atoms with E-state index in [0.29, 0.717) is 47.7 Å². The van der Waals surface area contributed by atoms with Crippen LogP contribution in [0.1, 0.15) is 26.2 Å². The molecule has 2 heterocycles. The molecule has 1 saturated heterocycles. The molecule has 0 aliphatic carbocycles. The largest absolute Gasteiger partial charge is 0.287 e. The number of aromatic nitrogens is 2. The zero-order valence-electron chi connectivity index (χ0n) is 13.8. The summed E-state index contributed by atoms with van der Waals surface area (Å²) in [6.45, 7) is 2.94. The number of thioether (sulfide) groups is 1. The highest BCUT2D eigenvalue weighted by molar-refractivity contribution is 9.10. The molecule has 0 saturated carbocycles. The molecule has 1 aromatic carbocycles. The van der Waals surface area contributed by atoms with Crippen LogP contribution in [0.2, 0.25) is 0 Å². The van der Waals surface area contributed by atoms with E-state index in [4.69, 9.17) is 0 Å². The van der Waals surface area contributed by atoms with E-state index in [-0.39, 0.29) is 17.4 Å². The van der Waals surface area contributed by atoms with Gasteiger partial charge in [-0.05, 0) is 24.6 Å². The lowest BCUT2D eigenvalue weighted by atomic mass is 10.2. The molecule has 0 N–H and O–H groups in total. The van der Waals surface area contributed by atoms with Crippen LogP contribution in [0.15, 0.2) is 32.6 Å². The lowest BCUT2D eigenvalue weighted by Crippen LogP contribution is -2.31. The van der Waals surface area contributed by atoms with Gasteiger partial charge in [0.15, 0.2) is 5.16 Å². The van der Waals surface area contributed by atoms with Gasteiger partial charge >= 0.3 is 0 Å². The Balaban J connectivity index is 1.85. The monoisotopic (exact) mass is 423 g/mol. The molecule has 3 rings (SSSR count). The number of nitrogens with zero attached hydrogens (tertiary/aromatic N) is 3. The van der Waals surface area contributed by atoms with E-state index in [9.17, 15) is 14.4 Å². The van der Waals surface area contributed by atoms with Crippen molar-refractivity contribution < 1.29 is 9.59 Å². The topological polar surface area (TPSA) is 72.3 Å². The highest BCUT2D eigenvalue weighted by atomic mass is 79.9. The van der Waals surface area contributed by atoms with E-state index in [1.54, 1.807) is 10.6 Å². The summed E-state index contributed by atoms with van der Waals surface area (Å²) < 4.78 is 2.51. The van der Waals surface area contributed by atoms with Crippen molar-refractivity contribution in [2.45, 2.75) is 37.9 Å². The van der Waals surface area contributed by atoms with Gasteiger partial charge in [0.05, 0.1) is 10.9 Å². The number of carbonyl (C=O) groups is 2. The maximum atomic E-state index is 12.8. The zero-order valence-corrected chi connectivity index (χ0v) is 16.2. The number of likely N-dealkylation sites (tertiary alicyclic amines) is 1. The Morgan fingerprint density at radius 2 is 1.88 bits per heavy atom. The first-order valence-electron chi connectivity index (χ1n) is 8.17. The summed E-state index contributed by atoms with van der Waals surface area (Å²) in [4.78, 5) is 42.1. The first-order chi connectivity index (χ1) is 12.0. The Bertz CT molecular complexity index is 881. The van der Waals surface area contributed by atoms with Crippen molar-refractivity contribution in [3.05, 3.63) is 33.0 Å². The van der Waals surface area contributed by atoms with Crippen LogP contribution in [0.3, 0.4) is 0 Å². The lowest BCUT2D eigenvalue weighted by molar-refractivity contribution is -0.137. The average Bonchev–Trinajstić information content (AvgIpc) is 2.90. The van der Waals surface area contributed by atoms with E-state index < -0.39 is 0 Å². The number of carbonyl (C=O) groups excluding carboxylic acids is 2. The Labute approximate surface area is 157 Å². The van der Waals surface area contributed by atoms with Crippen molar-refractivity contribution in [3.63, 3.8) is 0 Å². The molecule has 132 valence electrons. The highest BCUT2D eigenvalue weighted by Gasteiger charge is 2.28. The summed E-state index contributed by atoms with van der Waals surface area (Å²) >= 11 is 4.79. The smallest absolute Gasteiger partial charge is 0.262 e. The minimum absolute atomic E-state index is 0.0658. The molecule has 8 heteroatoms. The summed E-state index contributed by atoms with van der Waals surface area (Å²) in [6, 6.07) is 5.45. The van der Waals surface area contributed by atoms with Crippen molar-refractivity contribution in [2.75, 3.05) is 12.3 Å². The van der Waals surface area contributed by atoms with Crippen LogP contribution in [0.25, 0.3) is 10.9 Å². The van der Waals surface area contributed by atoms with E-state index in [1.807, 2.05) is 19.1 Å². The maximum Gasteiger partial charge on any atom is 0.262 e. The van der Waals surface area contributed by atoms with Crippen LogP contribution in [0.5, 0.6) is 0 Å². The second kappa shape index (κ2) is 7.70. The van der Waals surface area contributed by atoms with Crippen molar-refractivity contribution in [2.24, 2.45) is 0 Å². The van der Waals surface area contributed by atoms with Crippen molar-refractivity contribution in [1.82, 2.24) is 14.5 Å². The third-order valence-corrected chi connectivity index (χ3v) is 5.48. The third-order valence-electron chi connectivity index (χ3n) is 4.03. The first-order valence-corrected chi connectivity index (χ1v) is 9.95. The summed E-state index contributed by atoms with van der Waals surface area (Å²) in [6.07, 6.45) is 1.41. The molecule has 1 aromatic heterocycles. The second-order valence-corrected chi connectivity index (χ2v) is 7.78. The number of fused-ring (bicyclic) bond motifs is 1. The number of imide groups is 1. The average molecular weight is 424 g/mol. The van der Waals surface area contributed by atoms with Crippen molar-refractivity contribution in [1.29, 1.82) is 0 Å². The molecular formula is C17H18BrN3O3S. The molecule has 0 spiro atoms. The lowest BCUT2D eigenvalue weighted by Gasteiger charge is -2.15. The summed E-state index contributed by atoms with van der Waals surface area (Å²) in [7, 11) is 0. The fraction of sp³-hybridized carbons (Fsp3) is 0.412. The molecule has 0 bridgehead atoms. The highest BCUT2D eigenvalue weighted by Crippen LogP contribution is 2.21. The van der Waals surface area contributed by atoms with Crippen LogP contribution >= 0.6 is 27.7 Å². The molecule has 25 heavy (non-hydrogen) atoms. The molecule has 2 amide bonds. The van der Waals surface area contributed by atoms with Crippen LogP contribution in [-0.2, 0) is 16.1 Å². The molecule has 0 unspecified atom stereocenters. The van der Waals surface area contributed by atoms with Gasteiger partial charge in [-0.25, -0.2) is 4.98 Å². The van der Waals surface area contributed by atoms with Gasteiger partial charge in [0.1, 0.15) is 0 Å². The van der Waals surface area contributed by atoms with E-state index >= 15 is 0 Å². The zero-order chi connectivity index (χ0) is 18.0. The molecule has 2 aromatic rings. The SMILES string of the molecule is CCCn1c(SCCN2C(=O)CCC2=O)nc2ccc(Br)cc2c1=O. The quantitative estimate of drug-likeness (QED) is 0.405. The number of hydrogen-bond acceptors (Lipinski definition) is 5. The van der Waals surface area contributed by atoms with E-state index in [2.05, 4.69) is 20.9 Å². The Hall–Kier alpha value is -1.67. The van der Waals surface area contributed by atoms with Crippen molar-refractivity contribution >= 4 is 50.4 Å². The molecule has 0 radical (unpaired) electrons. The van der Waals surface area contributed by atoms with Gasteiger partial charge in [-0.15, -0.1) is 0 Å². The number of amides is 2. The summed E-state index contributed by atoms with van der Waals surface area (Å²) in [5.41, 5.74) is 0.584. The van der Waals surface area contributed by atoms with Gasteiger partial charge in [-0.3, -0.25) is 23.9 Å². The fourth-order valence-electron chi connectivity index (χ4n) is 2.80. The Kier molecular flexibility index (Phi) is 5.58. The normalized spacial score (nSPS) is 14.7. The van der Waals surface area contributed by atoms with Gasteiger partial charge in [-0.1, -0.05) is 34.6 Å². The van der Waals surface area contributed by atoms with Crippen LogP contribution in [0.4, 0.5) is 0 Å². The van der Waals surface area contributed by atoms with E-state index in [0.717, 1.165) is 10.9 Å². The second-order valence-electron chi connectivity index (χ2n) is 5.80. The van der Waals surface area contributed by atoms with Gasteiger partial charge in [0, 0.05) is 36.2 Å². The van der Waals surface area contributed by atoms with Crippen LogP contribution < -0.4 is 5.56 Å². The Morgan fingerprint density at radius 3 is 2.56 bits per heavy atom. The molecule has 6 nitrogen and oxygen atoms in total. The first kappa shape index (κ1) is 18.1. The molecular weight excluding hydrogens is 406 g/mol. The number of hydrogen-bond donors (Lipinski definition) is 0. The standard InChI is InChI=1S/C17H18BrN3O3S/c1-2-7-21-16(24)12-10-11(18)3-4-13(12)19-17(21)25-9-8-20-14(22)5-6-15(20)23/h3-4,10H,2,5-9H2,1H3. The Morgan fingerprint density at radius 1 is 1.16 bits per heavy atom. The fourth-order valence-corrected chi connectivity index (χ4v) is 4.11. The molecule has 0 atom stereocenters. The summed E-state index contributed by atoms with van der Waals surface area (Å²) in [5, 5.41) is 1.21. The molecule has 1 aliphatic heterocycles. The summed E-state index contributed by atoms with van der Waals surface area (Å²) in [5.74, 6) is 0.288. The number of benzene rings is 1. The number of halogens is 1. The van der Waals surface area contributed by atoms with Crippen LogP contribution in [-0.4, -0.2) is 38.6 Å². The van der Waals surface area contributed by atoms with Gasteiger partial charge in [0.25, 0.3) is 5.56 Å². The van der Waals surface area contributed by atoms with Gasteiger partial charge in [-0.2, -0.15) is 0 Å². The predicted molar refractivity (Wildman–Crippen MR) is 101 cm³/mol. The number of rotatable bonds is 6. The van der Waals surface area contributed by atoms with Crippen LogP contribution in [0, 0.1) is 0 Å². The van der Waals surface area contributed by atoms with E-state index in [1.165, 1.54) is 16.7 Å². The minimum atomic E-state index is -0.118. The van der Waals surface area contributed by atoms with Gasteiger partial charge < -0.3 is 0 Å². The maximum absolute atomic E-state index is 12.8. The molecule has 1 fully saturated rings. The third kappa shape index (κ3) is 3.79. The minimum Gasteiger partial charge on any atom is -0.287 e. The predicted octanol–water partition coefficient (Wildman–Crippen LogP) is 2.81. The van der Waals surface area contributed by atoms with Crippen molar-refractivity contribution in [3.8, 4) is 0 Å².